The molecular weight excluding hydrogens is 426 g/mol. The number of hydrogen-bond acceptors (Lipinski definition) is 2. The highest BCUT2D eigenvalue weighted by Gasteiger charge is 2.32. The van der Waals surface area contributed by atoms with Crippen LogP contribution in [0.2, 0.25) is 5.02 Å². The maximum atomic E-state index is 13.0. The van der Waals surface area contributed by atoms with E-state index in [1.54, 1.807) is 0 Å². The molecule has 23 heavy (non-hydrogen) atoms. The second-order valence-corrected chi connectivity index (χ2v) is 7.28. The number of rotatable bonds is 3. The Kier molecular flexibility index (Phi) is 4.93. The topological polar surface area (TPSA) is 46.2 Å². The molecular formula is C13H7BrClF4NO2S. The van der Waals surface area contributed by atoms with Crippen molar-refractivity contribution in [3.8, 4) is 0 Å². The van der Waals surface area contributed by atoms with Gasteiger partial charge in [0.25, 0.3) is 10.0 Å². The summed E-state index contributed by atoms with van der Waals surface area (Å²) in [6.07, 6.45) is -4.72. The first kappa shape index (κ1) is 18.0. The van der Waals surface area contributed by atoms with E-state index in [0.717, 1.165) is 24.3 Å². The molecule has 1 N–H and O–H groups in total. The standard InChI is InChI=1S/C13H7BrClF4NO2S/c14-9-6-8(16)2-4-11(9)20-23(21,22)12-5-7(13(17,18)19)1-3-10(12)15/h1-6,20H. The van der Waals surface area contributed by atoms with Gasteiger partial charge in [0.15, 0.2) is 0 Å². The first-order valence-electron chi connectivity index (χ1n) is 5.85. The zero-order valence-electron chi connectivity index (χ0n) is 11.0. The van der Waals surface area contributed by atoms with Crippen molar-refractivity contribution in [1.82, 2.24) is 0 Å². The Morgan fingerprint density at radius 2 is 1.74 bits per heavy atom. The van der Waals surface area contributed by atoms with Crippen LogP contribution in [0.25, 0.3) is 0 Å². The van der Waals surface area contributed by atoms with Crippen molar-refractivity contribution in [2.24, 2.45) is 0 Å². The van der Waals surface area contributed by atoms with Gasteiger partial charge in [-0.25, -0.2) is 12.8 Å². The molecule has 124 valence electrons. The van der Waals surface area contributed by atoms with Crippen molar-refractivity contribution in [3.63, 3.8) is 0 Å². The first-order valence-corrected chi connectivity index (χ1v) is 8.51. The molecule has 0 bridgehead atoms. The zero-order chi connectivity index (χ0) is 17.4. The third kappa shape index (κ3) is 4.15. The van der Waals surface area contributed by atoms with Crippen molar-refractivity contribution in [3.05, 3.63) is 57.3 Å². The average Bonchev–Trinajstić information content (AvgIpc) is 2.41. The van der Waals surface area contributed by atoms with E-state index in [0.29, 0.717) is 12.1 Å². The minimum atomic E-state index is -4.72. The summed E-state index contributed by atoms with van der Waals surface area (Å²) in [4.78, 5) is -0.731. The van der Waals surface area contributed by atoms with Crippen LogP contribution >= 0.6 is 27.5 Å². The van der Waals surface area contributed by atoms with E-state index in [2.05, 4.69) is 20.7 Å². The van der Waals surface area contributed by atoms with Gasteiger partial charge in [-0.15, -0.1) is 0 Å². The molecule has 3 nitrogen and oxygen atoms in total. The minimum absolute atomic E-state index is 0.0418. The smallest absolute Gasteiger partial charge is 0.278 e. The highest BCUT2D eigenvalue weighted by atomic mass is 79.9. The van der Waals surface area contributed by atoms with Gasteiger partial charge < -0.3 is 0 Å². The number of benzene rings is 2. The van der Waals surface area contributed by atoms with Gasteiger partial charge in [0.1, 0.15) is 10.7 Å². The van der Waals surface area contributed by atoms with Gasteiger partial charge in [0.2, 0.25) is 0 Å². The molecule has 0 atom stereocenters. The molecule has 0 saturated heterocycles. The van der Waals surface area contributed by atoms with Crippen LogP contribution in [-0.2, 0) is 16.2 Å². The number of halogens is 6. The van der Waals surface area contributed by atoms with Gasteiger partial charge in [-0.1, -0.05) is 11.6 Å². The van der Waals surface area contributed by atoms with Crippen molar-refractivity contribution in [2.75, 3.05) is 4.72 Å². The van der Waals surface area contributed by atoms with E-state index in [1.807, 2.05) is 0 Å². The Labute approximate surface area is 142 Å². The van der Waals surface area contributed by atoms with Crippen LogP contribution in [0.3, 0.4) is 0 Å². The van der Waals surface area contributed by atoms with Crippen LogP contribution in [0.5, 0.6) is 0 Å². The SMILES string of the molecule is O=S(=O)(Nc1ccc(F)cc1Br)c1cc(C(F)(F)F)ccc1Cl. The number of hydrogen-bond donors (Lipinski definition) is 1. The van der Waals surface area contributed by atoms with E-state index < -0.39 is 32.5 Å². The monoisotopic (exact) mass is 431 g/mol. The third-order valence-electron chi connectivity index (χ3n) is 2.72. The molecule has 0 heterocycles. The average molecular weight is 433 g/mol. The van der Waals surface area contributed by atoms with E-state index in [4.69, 9.17) is 11.6 Å². The molecule has 0 amide bonds. The second kappa shape index (κ2) is 6.29. The lowest BCUT2D eigenvalue weighted by molar-refractivity contribution is -0.137. The van der Waals surface area contributed by atoms with Gasteiger partial charge >= 0.3 is 6.18 Å². The fraction of sp³-hybridized carbons (Fsp3) is 0.0769. The van der Waals surface area contributed by atoms with E-state index in [-0.39, 0.29) is 15.2 Å². The second-order valence-electron chi connectivity index (χ2n) is 4.37. The van der Waals surface area contributed by atoms with Crippen molar-refractivity contribution in [2.45, 2.75) is 11.1 Å². The molecule has 2 aromatic rings. The van der Waals surface area contributed by atoms with Gasteiger partial charge in [-0.3, -0.25) is 4.72 Å². The lowest BCUT2D eigenvalue weighted by Gasteiger charge is -2.13. The molecule has 10 heteroatoms. The first-order chi connectivity index (χ1) is 10.5. The summed E-state index contributed by atoms with van der Waals surface area (Å²) in [5.41, 5.74) is -1.19. The molecule has 0 spiro atoms. The summed E-state index contributed by atoms with van der Waals surface area (Å²) in [5, 5.41) is -0.372. The molecule has 2 aromatic carbocycles. The van der Waals surface area contributed by atoms with Crippen molar-refractivity contribution in [1.29, 1.82) is 0 Å². The lowest BCUT2D eigenvalue weighted by Crippen LogP contribution is -2.15. The number of alkyl halides is 3. The predicted octanol–water partition coefficient (Wildman–Crippen LogP) is 5.06. The zero-order valence-corrected chi connectivity index (χ0v) is 14.1. The summed E-state index contributed by atoms with van der Waals surface area (Å²) in [7, 11) is -4.40. The highest BCUT2D eigenvalue weighted by molar-refractivity contribution is 9.10. The van der Waals surface area contributed by atoms with Gasteiger partial charge in [-0.05, 0) is 52.3 Å². The normalized spacial score (nSPS) is 12.3. The van der Waals surface area contributed by atoms with Crippen LogP contribution in [0.4, 0.5) is 23.2 Å². The third-order valence-corrected chi connectivity index (χ3v) is 5.23. The molecule has 0 fully saturated rings. The maximum Gasteiger partial charge on any atom is 0.416 e. The summed E-state index contributed by atoms with van der Waals surface area (Å²) in [5.74, 6) is -0.614. The van der Waals surface area contributed by atoms with E-state index >= 15 is 0 Å². The van der Waals surface area contributed by atoms with E-state index in [9.17, 15) is 26.0 Å². The van der Waals surface area contributed by atoms with Gasteiger partial charge in [0.05, 0.1) is 16.3 Å². The van der Waals surface area contributed by atoms with Crippen LogP contribution in [0.1, 0.15) is 5.56 Å². The predicted molar refractivity (Wildman–Crippen MR) is 81.4 cm³/mol. The summed E-state index contributed by atoms with van der Waals surface area (Å²) >= 11 is 8.66. The molecule has 0 radical (unpaired) electrons. The summed E-state index contributed by atoms with van der Waals surface area (Å²) in [6, 6.07) is 5.08. The molecule has 0 aliphatic rings. The molecule has 0 aliphatic carbocycles. The number of nitrogens with one attached hydrogen (secondary N) is 1. The number of sulfonamides is 1. The van der Waals surface area contributed by atoms with Crippen LogP contribution in [-0.4, -0.2) is 8.42 Å². The molecule has 0 saturated carbocycles. The molecule has 0 aliphatic heterocycles. The number of anilines is 1. The Hall–Kier alpha value is -1.32. The summed E-state index contributed by atoms with van der Waals surface area (Å²) < 4.78 is 77.8. The molecule has 0 unspecified atom stereocenters. The minimum Gasteiger partial charge on any atom is -0.278 e. The fourth-order valence-corrected chi connectivity index (χ4v) is 3.85. The van der Waals surface area contributed by atoms with Crippen LogP contribution < -0.4 is 4.72 Å². The Bertz CT molecular complexity index is 856. The molecule has 2 rings (SSSR count). The highest BCUT2D eigenvalue weighted by Crippen LogP contribution is 2.34. The van der Waals surface area contributed by atoms with Gasteiger partial charge in [0, 0.05) is 4.47 Å². The Balaban J connectivity index is 2.47. The van der Waals surface area contributed by atoms with Crippen LogP contribution in [0, 0.1) is 5.82 Å². The quantitative estimate of drug-likeness (QED) is 0.689. The van der Waals surface area contributed by atoms with E-state index in [1.165, 1.54) is 0 Å². The maximum absolute atomic E-state index is 13.0. The Morgan fingerprint density at radius 1 is 1.09 bits per heavy atom. The molecule has 0 aromatic heterocycles. The largest absolute Gasteiger partial charge is 0.416 e. The lowest BCUT2D eigenvalue weighted by atomic mass is 10.2. The Morgan fingerprint density at radius 3 is 2.30 bits per heavy atom. The van der Waals surface area contributed by atoms with Gasteiger partial charge in [-0.2, -0.15) is 13.2 Å². The fourth-order valence-electron chi connectivity index (χ4n) is 1.66. The van der Waals surface area contributed by atoms with Crippen molar-refractivity contribution < 1.29 is 26.0 Å². The van der Waals surface area contributed by atoms with Crippen LogP contribution in [0.15, 0.2) is 45.8 Å². The summed E-state index contributed by atoms with van der Waals surface area (Å²) in [6.45, 7) is 0. The van der Waals surface area contributed by atoms with Crippen molar-refractivity contribution >= 4 is 43.2 Å².